The lowest BCUT2D eigenvalue weighted by Gasteiger charge is -2.33. The topological polar surface area (TPSA) is 37.3 Å². The number of unbranched alkanes of at least 4 members (excludes halogenated alkanes) is 2. The molecule has 1 saturated carbocycles. The van der Waals surface area contributed by atoms with Crippen molar-refractivity contribution in [2.75, 3.05) is 0 Å². The Labute approximate surface area is 178 Å². The predicted octanol–water partition coefficient (Wildman–Crippen LogP) is 6.61. The van der Waals surface area contributed by atoms with Crippen LogP contribution >= 0.6 is 22.6 Å². The molecule has 1 aliphatic rings. The summed E-state index contributed by atoms with van der Waals surface area (Å²) in [6, 6.07) is 1.75. The van der Waals surface area contributed by atoms with E-state index < -0.39 is 55.6 Å². The Morgan fingerprint density at radius 3 is 1.87 bits per heavy atom. The average molecular weight is 560 g/mol. The van der Waals surface area contributed by atoms with Crippen molar-refractivity contribution in [2.24, 2.45) is 0 Å². The molecule has 1 aliphatic carbocycles. The summed E-state index contributed by atoms with van der Waals surface area (Å²) in [5.74, 6) is -29.0. The molecule has 168 valence electrons. The maximum absolute atomic E-state index is 15.4. The van der Waals surface area contributed by atoms with Crippen LogP contribution in [-0.2, 0) is 12.1 Å². The van der Waals surface area contributed by atoms with Crippen LogP contribution in [0, 0.1) is 3.57 Å². The number of hydrogen-bond acceptors (Lipinski definition) is 1. The molecule has 1 fully saturated rings. The summed E-state index contributed by atoms with van der Waals surface area (Å²) in [5, 5.41) is 9.40. The van der Waals surface area contributed by atoms with Gasteiger partial charge in [-0.05, 0) is 59.9 Å². The summed E-state index contributed by atoms with van der Waals surface area (Å²) in [4.78, 5) is 11.7. The van der Waals surface area contributed by atoms with E-state index in [2.05, 4.69) is 6.58 Å². The van der Waals surface area contributed by atoms with Crippen LogP contribution in [0.25, 0.3) is 0 Å². The van der Waals surface area contributed by atoms with E-state index in [9.17, 15) is 45.0 Å². The van der Waals surface area contributed by atoms with Gasteiger partial charge in [0.1, 0.15) is 0 Å². The minimum atomic E-state index is -6.78. The number of hydrogen-bond donors (Lipinski definition) is 1. The summed E-state index contributed by atoms with van der Waals surface area (Å²) in [7, 11) is 0. The summed E-state index contributed by atoms with van der Waals surface area (Å²) >= 11 is 0.971. The first-order valence-electron chi connectivity index (χ1n) is 8.40. The van der Waals surface area contributed by atoms with Gasteiger partial charge < -0.3 is 5.11 Å². The van der Waals surface area contributed by atoms with Crippen molar-refractivity contribution in [3.05, 3.63) is 45.0 Å². The van der Waals surface area contributed by atoms with E-state index in [1.54, 1.807) is 0 Å². The molecule has 0 amide bonds. The lowest BCUT2D eigenvalue weighted by molar-refractivity contribution is -0.303. The largest absolute Gasteiger partial charge is 0.478 e. The molecule has 2 rings (SSSR count). The van der Waals surface area contributed by atoms with Crippen LogP contribution in [0.5, 0.6) is 0 Å². The molecule has 0 aromatic heterocycles. The Balaban J connectivity index is 2.84. The van der Waals surface area contributed by atoms with E-state index in [4.69, 9.17) is 0 Å². The summed E-state index contributed by atoms with van der Waals surface area (Å²) in [6.45, 7) is 3.44. The Morgan fingerprint density at radius 2 is 1.43 bits per heavy atom. The molecular formula is C18H14F9IO2. The van der Waals surface area contributed by atoms with Gasteiger partial charge in [0.25, 0.3) is 5.67 Å². The number of benzene rings is 1. The van der Waals surface area contributed by atoms with Gasteiger partial charge in [0.05, 0.1) is 5.56 Å². The first-order valence-corrected chi connectivity index (χ1v) is 9.48. The summed E-state index contributed by atoms with van der Waals surface area (Å²) in [6.07, 6.45) is 2.33. The zero-order chi connectivity index (χ0) is 23.3. The normalized spacial score (nSPS) is 22.6. The number of halogens is 10. The van der Waals surface area contributed by atoms with Gasteiger partial charge in [-0.3, -0.25) is 0 Å². The minimum Gasteiger partial charge on any atom is -0.478 e. The lowest BCUT2D eigenvalue weighted by atomic mass is 9.82. The lowest BCUT2D eigenvalue weighted by Crippen LogP contribution is -2.53. The highest BCUT2D eigenvalue weighted by molar-refractivity contribution is 14.1. The van der Waals surface area contributed by atoms with E-state index >= 15 is 4.39 Å². The predicted molar refractivity (Wildman–Crippen MR) is 96.4 cm³/mol. The third-order valence-corrected chi connectivity index (χ3v) is 5.85. The van der Waals surface area contributed by atoms with Gasteiger partial charge in [-0.2, -0.15) is 35.1 Å². The third kappa shape index (κ3) is 2.95. The number of rotatable bonds is 7. The Hall–Kier alpha value is -1.47. The van der Waals surface area contributed by atoms with Gasteiger partial charge in [-0.25, -0.2) is 9.18 Å². The molecule has 1 aromatic carbocycles. The average Bonchev–Trinajstić information content (AvgIpc) is 2.68. The molecular weight excluding hydrogens is 546 g/mol. The fourth-order valence-electron chi connectivity index (χ4n) is 3.35. The molecule has 0 aliphatic heterocycles. The molecule has 0 radical (unpaired) electrons. The first kappa shape index (κ1) is 24.8. The van der Waals surface area contributed by atoms with E-state index in [1.807, 2.05) is 0 Å². The standard InChI is InChI=1S/C18H14F9IO2/c1-2-3-4-5-6-9-7-8-10(28)12(11(9)13(29)30)14(19)15(20,21)17(24,25)18(26,27)16(14,22)23/h2,7-8H,1,3-6H2,(H,29,30). The maximum atomic E-state index is 15.4. The molecule has 0 spiro atoms. The second-order valence-electron chi connectivity index (χ2n) is 6.75. The van der Waals surface area contributed by atoms with Crippen molar-refractivity contribution in [3.63, 3.8) is 0 Å². The SMILES string of the molecule is C=CCCCCc1ccc(I)c(C2(F)C(F)(F)C(F)(F)C(F)(F)C2(F)F)c1C(=O)O. The number of aromatic carboxylic acids is 1. The van der Waals surface area contributed by atoms with Crippen LogP contribution < -0.4 is 0 Å². The molecule has 1 N–H and O–H groups in total. The zero-order valence-corrected chi connectivity index (χ0v) is 17.1. The molecule has 0 unspecified atom stereocenters. The molecule has 1 aromatic rings. The highest BCUT2D eigenvalue weighted by atomic mass is 127. The molecule has 0 saturated heterocycles. The second kappa shape index (κ2) is 7.59. The van der Waals surface area contributed by atoms with Gasteiger partial charge in [0.15, 0.2) is 0 Å². The minimum absolute atomic E-state index is 0.185. The highest BCUT2D eigenvalue weighted by Crippen LogP contribution is 2.73. The van der Waals surface area contributed by atoms with Crippen LogP contribution in [0.4, 0.5) is 39.5 Å². The quantitative estimate of drug-likeness (QED) is 0.177. The van der Waals surface area contributed by atoms with Crippen LogP contribution in [0.1, 0.15) is 40.7 Å². The van der Waals surface area contributed by atoms with Crippen LogP contribution in [-0.4, -0.2) is 34.8 Å². The van der Waals surface area contributed by atoms with Crippen molar-refractivity contribution in [1.82, 2.24) is 0 Å². The number of allylic oxidation sites excluding steroid dienone is 1. The second-order valence-corrected chi connectivity index (χ2v) is 7.91. The first-order chi connectivity index (χ1) is 13.5. The number of carboxylic acids is 1. The monoisotopic (exact) mass is 560 g/mol. The number of carboxylic acid groups (broad SMARTS) is 1. The van der Waals surface area contributed by atoms with Gasteiger partial charge in [-0.15, -0.1) is 6.58 Å². The molecule has 0 bridgehead atoms. The number of carbonyl (C=O) groups is 1. The smallest absolute Gasteiger partial charge is 0.382 e. The van der Waals surface area contributed by atoms with Crippen molar-refractivity contribution < 1.29 is 49.4 Å². The van der Waals surface area contributed by atoms with Gasteiger partial charge >= 0.3 is 29.7 Å². The van der Waals surface area contributed by atoms with E-state index in [0.29, 0.717) is 12.8 Å². The van der Waals surface area contributed by atoms with Gasteiger partial charge in [-0.1, -0.05) is 12.1 Å². The van der Waals surface area contributed by atoms with E-state index in [0.717, 1.165) is 34.7 Å². The maximum Gasteiger partial charge on any atom is 0.382 e. The van der Waals surface area contributed by atoms with Gasteiger partial charge in [0.2, 0.25) is 0 Å². The Morgan fingerprint density at radius 1 is 0.933 bits per heavy atom. The van der Waals surface area contributed by atoms with Crippen LogP contribution in [0.3, 0.4) is 0 Å². The molecule has 0 atom stereocenters. The zero-order valence-electron chi connectivity index (χ0n) is 14.9. The van der Waals surface area contributed by atoms with Crippen LogP contribution in [0.15, 0.2) is 24.8 Å². The fraction of sp³-hybridized carbons (Fsp3) is 0.500. The number of alkyl halides is 9. The molecule has 2 nitrogen and oxygen atoms in total. The van der Waals surface area contributed by atoms with Crippen LogP contribution in [0.2, 0.25) is 0 Å². The van der Waals surface area contributed by atoms with E-state index in [-0.39, 0.29) is 12.8 Å². The third-order valence-electron chi connectivity index (χ3n) is 4.95. The van der Waals surface area contributed by atoms with Crippen molar-refractivity contribution in [1.29, 1.82) is 0 Å². The molecule has 12 heteroatoms. The summed E-state index contributed by atoms with van der Waals surface area (Å²) < 4.78 is 126. The fourth-order valence-corrected chi connectivity index (χ4v) is 4.17. The summed E-state index contributed by atoms with van der Waals surface area (Å²) in [5.41, 5.74) is -9.96. The van der Waals surface area contributed by atoms with Gasteiger partial charge in [0, 0.05) is 9.13 Å². The number of aryl methyl sites for hydroxylation is 1. The van der Waals surface area contributed by atoms with E-state index in [1.165, 1.54) is 6.08 Å². The van der Waals surface area contributed by atoms with Crippen molar-refractivity contribution in [2.45, 2.75) is 55.0 Å². The molecule has 0 heterocycles. The Bertz CT molecular complexity index is 841. The highest BCUT2D eigenvalue weighted by Gasteiger charge is 3.01. The molecule has 30 heavy (non-hydrogen) atoms. The Kier molecular flexibility index (Phi) is 6.27. The van der Waals surface area contributed by atoms with Crippen molar-refractivity contribution in [3.8, 4) is 0 Å². The van der Waals surface area contributed by atoms with Crippen molar-refractivity contribution >= 4 is 28.6 Å².